The second-order valence-corrected chi connectivity index (χ2v) is 6.22. The number of halogens is 2. The molecule has 0 radical (unpaired) electrons. The fourth-order valence-corrected chi connectivity index (χ4v) is 2.55. The first-order valence-electron chi connectivity index (χ1n) is 6.02. The van der Waals surface area contributed by atoms with E-state index in [1.165, 1.54) is 0 Å². The zero-order chi connectivity index (χ0) is 14.7. The Morgan fingerprint density at radius 1 is 1.25 bits per heavy atom. The van der Waals surface area contributed by atoms with Gasteiger partial charge in [0.15, 0.2) is 0 Å². The Kier molecular flexibility index (Phi) is 5.13. The van der Waals surface area contributed by atoms with Crippen LogP contribution in [0.25, 0.3) is 0 Å². The Morgan fingerprint density at radius 3 is 2.55 bits per heavy atom. The molecule has 1 N–H and O–H groups in total. The highest BCUT2D eigenvalue weighted by atomic mass is 79.9. The molecule has 0 bridgehead atoms. The molecule has 0 heterocycles. The Bertz CT molecular complexity index is 630. The summed E-state index contributed by atoms with van der Waals surface area (Å²) in [5, 5.41) is 3.63. The van der Waals surface area contributed by atoms with Crippen LogP contribution in [0.4, 0.5) is 0 Å². The van der Waals surface area contributed by atoms with E-state index in [-0.39, 0.29) is 11.9 Å². The lowest BCUT2D eigenvalue weighted by molar-refractivity contribution is 0.0939. The maximum absolute atomic E-state index is 12.3. The molecule has 1 unspecified atom stereocenters. The van der Waals surface area contributed by atoms with E-state index in [9.17, 15) is 4.79 Å². The van der Waals surface area contributed by atoms with E-state index >= 15 is 0 Å². The number of amides is 1. The third-order valence-electron chi connectivity index (χ3n) is 2.91. The number of carbonyl (C=O) groups excluding carboxylic acids is 1. The van der Waals surface area contributed by atoms with Gasteiger partial charge in [0.05, 0.1) is 11.6 Å². The Morgan fingerprint density at radius 2 is 1.90 bits per heavy atom. The van der Waals surface area contributed by atoms with Crippen molar-refractivity contribution in [2.45, 2.75) is 17.9 Å². The number of rotatable bonds is 3. The average Bonchev–Trinajstić information content (AvgIpc) is 2.42. The van der Waals surface area contributed by atoms with Gasteiger partial charge in [-0.1, -0.05) is 23.7 Å². The molecule has 2 nitrogen and oxygen atoms in total. The molecule has 1 amide bonds. The van der Waals surface area contributed by atoms with Crippen molar-refractivity contribution in [2.75, 3.05) is 0 Å². The third kappa shape index (κ3) is 3.78. The van der Waals surface area contributed by atoms with Crippen molar-refractivity contribution in [1.82, 2.24) is 5.32 Å². The largest absolute Gasteiger partial charge is 0.345 e. The monoisotopic (exact) mass is 369 g/mol. The number of carbonyl (C=O) groups is 1. The zero-order valence-electron chi connectivity index (χ0n) is 10.7. The molecule has 0 aromatic heterocycles. The van der Waals surface area contributed by atoms with Gasteiger partial charge >= 0.3 is 0 Å². The van der Waals surface area contributed by atoms with Gasteiger partial charge in [0.25, 0.3) is 5.91 Å². The van der Waals surface area contributed by atoms with Crippen LogP contribution < -0.4 is 5.32 Å². The zero-order valence-corrected chi connectivity index (χ0v) is 14.0. The van der Waals surface area contributed by atoms with E-state index < -0.39 is 0 Å². The van der Waals surface area contributed by atoms with Gasteiger partial charge in [-0.25, -0.2) is 0 Å². The quantitative estimate of drug-likeness (QED) is 0.741. The minimum Gasteiger partial charge on any atom is -0.345 e. The molecule has 2 rings (SSSR count). The lowest BCUT2D eigenvalue weighted by Crippen LogP contribution is -2.26. The van der Waals surface area contributed by atoms with Crippen molar-refractivity contribution in [1.29, 1.82) is 0 Å². The maximum atomic E-state index is 12.3. The molecule has 0 aliphatic heterocycles. The van der Waals surface area contributed by atoms with Gasteiger partial charge in [-0.2, -0.15) is 0 Å². The molecule has 2 aromatic rings. The minimum atomic E-state index is -0.143. The molecule has 104 valence electrons. The average molecular weight is 371 g/mol. The summed E-state index contributed by atoms with van der Waals surface area (Å²) in [6.45, 7) is 1.93. The topological polar surface area (TPSA) is 29.1 Å². The van der Waals surface area contributed by atoms with Crippen molar-refractivity contribution >= 4 is 46.1 Å². The summed E-state index contributed by atoms with van der Waals surface area (Å²) in [6, 6.07) is 12.7. The molecule has 2 aromatic carbocycles. The van der Waals surface area contributed by atoms with E-state index in [1.54, 1.807) is 6.07 Å². The highest BCUT2D eigenvalue weighted by Crippen LogP contribution is 2.22. The van der Waals surface area contributed by atoms with Gasteiger partial charge in [0, 0.05) is 14.4 Å². The highest BCUT2D eigenvalue weighted by Gasteiger charge is 2.14. The maximum Gasteiger partial charge on any atom is 0.252 e. The molecule has 20 heavy (non-hydrogen) atoms. The van der Waals surface area contributed by atoms with Crippen molar-refractivity contribution in [3.05, 3.63) is 63.1 Å². The molecule has 0 aliphatic carbocycles. The number of benzene rings is 2. The second kappa shape index (κ2) is 6.66. The molecular weight excluding hydrogens is 358 g/mol. The summed E-state index contributed by atoms with van der Waals surface area (Å²) in [7, 11) is 0. The summed E-state index contributed by atoms with van der Waals surface area (Å²) in [4.78, 5) is 13.0. The molecule has 5 heteroatoms. The summed E-state index contributed by atoms with van der Waals surface area (Å²) in [5.74, 6) is -0.143. The summed E-state index contributed by atoms with van der Waals surface area (Å²) >= 11 is 13.5. The van der Waals surface area contributed by atoms with Gasteiger partial charge in [0.1, 0.15) is 0 Å². The summed E-state index contributed by atoms with van der Waals surface area (Å²) < 4.78 is 0.746. The van der Waals surface area contributed by atoms with Crippen LogP contribution in [-0.4, -0.2) is 5.91 Å². The van der Waals surface area contributed by atoms with Crippen LogP contribution in [0.15, 0.2) is 51.8 Å². The summed E-state index contributed by atoms with van der Waals surface area (Å²) in [6.07, 6.45) is 0. The molecule has 0 saturated carbocycles. The molecule has 0 spiro atoms. The van der Waals surface area contributed by atoms with Gasteiger partial charge in [-0.15, -0.1) is 12.6 Å². The molecule has 0 saturated heterocycles. The van der Waals surface area contributed by atoms with E-state index in [4.69, 9.17) is 11.6 Å². The van der Waals surface area contributed by atoms with Crippen LogP contribution in [-0.2, 0) is 0 Å². The van der Waals surface area contributed by atoms with Crippen LogP contribution in [0.5, 0.6) is 0 Å². The fourth-order valence-electron chi connectivity index (χ4n) is 1.80. The Balaban J connectivity index is 2.15. The van der Waals surface area contributed by atoms with Crippen molar-refractivity contribution in [3.8, 4) is 0 Å². The van der Waals surface area contributed by atoms with E-state index in [0.29, 0.717) is 10.6 Å². The highest BCUT2D eigenvalue weighted by molar-refractivity contribution is 9.10. The normalized spacial score (nSPS) is 12.0. The lowest BCUT2D eigenvalue weighted by Gasteiger charge is -2.15. The lowest BCUT2D eigenvalue weighted by atomic mass is 10.1. The van der Waals surface area contributed by atoms with Crippen molar-refractivity contribution in [2.24, 2.45) is 0 Å². The standard InChI is InChI=1S/C15H13BrClNOS/c1-9(10-2-4-11(17)5-3-10)18-15(19)13-8-12(20)6-7-14(13)16/h2-9,20H,1H3,(H,18,19). The van der Waals surface area contributed by atoms with Crippen LogP contribution >= 0.6 is 40.2 Å². The SMILES string of the molecule is CC(NC(=O)c1cc(S)ccc1Br)c1ccc(Cl)cc1. The predicted molar refractivity (Wildman–Crippen MR) is 88.7 cm³/mol. The minimum absolute atomic E-state index is 0.102. The van der Waals surface area contributed by atoms with Crippen LogP contribution in [0.3, 0.4) is 0 Å². The predicted octanol–water partition coefficient (Wildman–Crippen LogP) is 4.88. The molecule has 1 atom stereocenters. The first-order valence-corrected chi connectivity index (χ1v) is 7.64. The molecule has 0 aliphatic rings. The first kappa shape index (κ1) is 15.4. The Hall–Kier alpha value is -0.970. The van der Waals surface area contributed by atoms with Gasteiger partial charge in [0.2, 0.25) is 0 Å². The second-order valence-electron chi connectivity index (χ2n) is 4.41. The van der Waals surface area contributed by atoms with E-state index in [1.807, 2.05) is 43.3 Å². The number of thiol groups is 1. The van der Waals surface area contributed by atoms with Gasteiger partial charge in [-0.3, -0.25) is 4.79 Å². The third-order valence-corrected chi connectivity index (χ3v) is 4.13. The summed E-state index contributed by atoms with van der Waals surface area (Å²) in [5.41, 5.74) is 1.57. The fraction of sp³-hybridized carbons (Fsp3) is 0.133. The van der Waals surface area contributed by atoms with E-state index in [2.05, 4.69) is 33.9 Å². The van der Waals surface area contributed by atoms with Crippen molar-refractivity contribution < 1.29 is 4.79 Å². The first-order chi connectivity index (χ1) is 9.47. The number of nitrogens with one attached hydrogen (secondary N) is 1. The van der Waals surface area contributed by atoms with E-state index in [0.717, 1.165) is 14.9 Å². The molecule has 0 fully saturated rings. The number of hydrogen-bond donors (Lipinski definition) is 2. The van der Waals surface area contributed by atoms with Gasteiger partial charge in [-0.05, 0) is 58.7 Å². The Labute approximate surface area is 137 Å². The van der Waals surface area contributed by atoms with Crippen LogP contribution in [0, 0.1) is 0 Å². The van der Waals surface area contributed by atoms with Crippen LogP contribution in [0.2, 0.25) is 5.02 Å². The van der Waals surface area contributed by atoms with Gasteiger partial charge < -0.3 is 5.32 Å². The number of hydrogen-bond acceptors (Lipinski definition) is 2. The van der Waals surface area contributed by atoms with Crippen LogP contribution in [0.1, 0.15) is 28.9 Å². The van der Waals surface area contributed by atoms with Crippen molar-refractivity contribution in [3.63, 3.8) is 0 Å². The smallest absolute Gasteiger partial charge is 0.252 e. The molecular formula is C15H13BrClNOS.